The molecule has 0 saturated carbocycles. The quantitative estimate of drug-likeness (QED) is 0.651. The zero-order valence-corrected chi connectivity index (χ0v) is 16.1. The van der Waals surface area contributed by atoms with E-state index in [1.807, 2.05) is 6.92 Å². The van der Waals surface area contributed by atoms with Crippen LogP contribution in [0.1, 0.15) is 23.7 Å². The molecule has 2 aromatic rings. The molecule has 0 radical (unpaired) electrons. The number of para-hydroxylation sites is 1. The van der Waals surface area contributed by atoms with E-state index in [1.165, 1.54) is 36.4 Å². The fourth-order valence-corrected chi connectivity index (χ4v) is 3.30. The van der Waals surface area contributed by atoms with Gasteiger partial charge in [-0.05, 0) is 42.8 Å². The Bertz CT molecular complexity index is 914. The Kier molecular flexibility index (Phi) is 7.20. The minimum Gasteiger partial charge on any atom is -0.452 e. The minimum atomic E-state index is -3.93. The van der Waals surface area contributed by atoms with Crippen LogP contribution in [0.3, 0.4) is 0 Å². The Labute approximate surface area is 162 Å². The summed E-state index contributed by atoms with van der Waals surface area (Å²) in [5.41, 5.74) is 0.0461. The number of carbonyl (C=O) groups excluding carboxylic acids is 2. The lowest BCUT2D eigenvalue weighted by Crippen LogP contribution is -2.29. The van der Waals surface area contributed by atoms with Gasteiger partial charge in [0.2, 0.25) is 0 Å². The first-order valence-corrected chi connectivity index (χ1v) is 10.0. The Morgan fingerprint density at radius 2 is 1.74 bits per heavy atom. The summed E-state index contributed by atoms with van der Waals surface area (Å²) in [4.78, 5) is 23.8. The molecule has 0 heterocycles. The molecule has 0 atom stereocenters. The van der Waals surface area contributed by atoms with Gasteiger partial charge in [0.05, 0.1) is 16.1 Å². The van der Waals surface area contributed by atoms with Gasteiger partial charge in [-0.1, -0.05) is 30.7 Å². The first kappa shape index (κ1) is 20.7. The number of ether oxygens (including phenoxy) is 1. The van der Waals surface area contributed by atoms with Crippen LogP contribution >= 0.6 is 11.6 Å². The predicted octanol–water partition coefficient (Wildman–Crippen LogP) is 2.82. The number of esters is 1. The van der Waals surface area contributed by atoms with Crippen molar-refractivity contribution in [2.75, 3.05) is 17.9 Å². The van der Waals surface area contributed by atoms with Crippen LogP contribution in [0.5, 0.6) is 0 Å². The van der Waals surface area contributed by atoms with Gasteiger partial charge < -0.3 is 10.1 Å². The van der Waals surface area contributed by atoms with Gasteiger partial charge in [0.1, 0.15) is 0 Å². The highest BCUT2D eigenvalue weighted by Crippen LogP contribution is 2.22. The van der Waals surface area contributed by atoms with Crippen molar-refractivity contribution >= 4 is 39.2 Å². The molecule has 27 heavy (non-hydrogen) atoms. The Morgan fingerprint density at radius 3 is 2.41 bits per heavy atom. The van der Waals surface area contributed by atoms with Crippen LogP contribution in [-0.2, 0) is 19.6 Å². The third-order valence-corrected chi connectivity index (χ3v) is 5.06. The van der Waals surface area contributed by atoms with Crippen LogP contribution in [0, 0.1) is 0 Å². The largest absolute Gasteiger partial charge is 0.452 e. The summed E-state index contributed by atoms with van der Waals surface area (Å²) in [5, 5.41) is 2.98. The fraction of sp³-hybridized carbons (Fsp3) is 0.222. The molecule has 9 heteroatoms. The van der Waals surface area contributed by atoms with Crippen molar-refractivity contribution in [2.24, 2.45) is 0 Å². The highest BCUT2D eigenvalue weighted by Gasteiger charge is 2.20. The topological polar surface area (TPSA) is 102 Å². The van der Waals surface area contributed by atoms with Crippen molar-refractivity contribution < 1.29 is 22.7 Å². The van der Waals surface area contributed by atoms with Crippen molar-refractivity contribution in [3.63, 3.8) is 0 Å². The zero-order valence-electron chi connectivity index (χ0n) is 14.6. The van der Waals surface area contributed by atoms with Crippen LogP contribution < -0.4 is 10.0 Å². The number of carbonyl (C=O) groups is 2. The molecule has 1 amide bonds. The van der Waals surface area contributed by atoms with Gasteiger partial charge >= 0.3 is 5.97 Å². The van der Waals surface area contributed by atoms with Gasteiger partial charge in [0, 0.05) is 11.6 Å². The maximum Gasteiger partial charge on any atom is 0.340 e. The zero-order chi connectivity index (χ0) is 19.9. The third-order valence-electron chi connectivity index (χ3n) is 3.42. The molecule has 0 aromatic heterocycles. The van der Waals surface area contributed by atoms with Crippen molar-refractivity contribution in [1.29, 1.82) is 0 Å². The second kappa shape index (κ2) is 9.38. The van der Waals surface area contributed by atoms with Crippen molar-refractivity contribution in [2.45, 2.75) is 18.2 Å². The number of sulfonamides is 1. The maximum atomic E-state index is 12.5. The monoisotopic (exact) mass is 410 g/mol. The number of nitrogens with one attached hydrogen (secondary N) is 2. The first-order valence-electron chi connectivity index (χ1n) is 8.14. The molecule has 2 aromatic carbocycles. The lowest BCUT2D eigenvalue weighted by Gasteiger charge is -2.12. The van der Waals surface area contributed by atoms with Gasteiger partial charge in [-0.3, -0.25) is 9.52 Å². The number of rotatable bonds is 8. The number of hydrogen-bond acceptors (Lipinski definition) is 5. The summed E-state index contributed by atoms with van der Waals surface area (Å²) in [6.07, 6.45) is 0.759. The molecule has 144 valence electrons. The van der Waals surface area contributed by atoms with E-state index < -0.39 is 28.5 Å². The second-order valence-electron chi connectivity index (χ2n) is 5.53. The molecule has 2 rings (SSSR count). The average Bonchev–Trinajstić information content (AvgIpc) is 2.65. The van der Waals surface area contributed by atoms with E-state index in [-0.39, 0.29) is 16.1 Å². The molecular formula is C18H19ClN2O5S. The highest BCUT2D eigenvalue weighted by atomic mass is 35.5. The van der Waals surface area contributed by atoms with Crippen LogP contribution in [0.2, 0.25) is 5.02 Å². The van der Waals surface area contributed by atoms with Crippen LogP contribution in [-0.4, -0.2) is 33.4 Å². The first-order chi connectivity index (χ1) is 12.8. The molecule has 2 N–H and O–H groups in total. The SMILES string of the molecule is CCCNC(=O)COC(=O)c1ccccc1NS(=O)(=O)c1ccc(Cl)cc1. The smallest absolute Gasteiger partial charge is 0.340 e. The summed E-state index contributed by atoms with van der Waals surface area (Å²) >= 11 is 5.77. The van der Waals surface area contributed by atoms with Crippen molar-refractivity contribution in [3.05, 3.63) is 59.1 Å². The standard InChI is InChI=1S/C18H19ClN2O5S/c1-2-11-20-17(22)12-26-18(23)15-5-3-4-6-16(15)21-27(24,25)14-9-7-13(19)8-10-14/h3-10,21H,2,11-12H2,1H3,(H,20,22). The summed E-state index contributed by atoms with van der Waals surface area (Å²) in [6, 6.07) is 11.6. The molecule has 0 fully saturated rings. The Balaban J connectivity index is 2.14. The third kappa shape index (κ3) is 5.97. The molecule has 0 unspecified atom stereocenters. The second-order valence-corrected chi connectivity index (χ2v) is 7.65. The molecule has 0 aliphatic rings. The molecule has 0 spiro atoms. The summed E-state index contributed by atoms with van der Waals surface area (Å²) in [5.74, 6) is -1.24. The molecule has 0 bridgehead atoms. The lowest BCUT2D eigenvalue weighted by molar-refractivity contribution is -0.124. The van der Waals surface area contributed by atoms with E-state index >= 15 is 0 Å². The normalized spacial score (nSPS) is 10.9. The highest BCUT2D eigenvalue weighted by molar-refractivity contribution is 7.92. The van der Waals surface area contributed by atoms with Gasteiger partial charge in [0.25, 0.3) is 15.9 Å². The van der Waals surface area contributed by atoms with Crippen molar-refractivity contribution in [1.82, 2.24) is 5.32 Å². The summed E-state index contributed by atoms with van der Waals surface area (Å²) in [7, 11) is -3.93. The van der Waals surface area contributed by atoms with Gasteiger partial charge in [-0.2, -0.15) is 0 Å². The predicted molar refractivity (Wildman–Crippen MR) is 102 cm³/mol. The summed E-state index contributed by atoms with van der Waals surface area (Å²) in [6.45, 7) is 1.93. The van der Waals surface area contributed by atoms with Crippen LogP contribution in [0.15, 0.2) is 53.4 Å². The number of halogens is 1. The molecule has 0 aliphatic carbocycles. The molecular weight excluding hydrogens is 392 g/mol. The summed E-state index contributed by atoms with van der Waals surface area (Å²) < 4.78 is 32.3. The van der Waals surface area contributed by atoms with Gasteiger partial charge in [0.15, 0.2) is 6.61 Å². The van der Waals surface area contributed by atoms with E-state index in [0.29, 0.717) is 11.6 Å². The number of anilines is 1. The maximum absolute atomic E-state index is 12.5. The van der Waals surface area contributed by atoms with E-state index in [2.05, 4.69) is 10.0 Å². The lowest BCUT2D eigenvalue weighted by atomic mass is 10.2. The molecule has 7 nitrogen and oxygen atoms in total. The fourth-order valence-electron chi connectivity index (χ4n) is 2.09. The van der Waals surface area contributed by atoms with Crippen LogP contribution in [0.4, 0.5) is 5.69 Å². The van der Waals surface area contributed by atoms with E-state index in [1.54, 1.807) is 12.1 Å². The van der Waals surface area contributed by atoms with Gasteiger partial charge in [-0.15, -0.1) is 0 Å². The molecule has 0 aliphatic heterocycles. The Morgan fingerprint density at radius 1 is 1.07 bits per heavy atom. The van der Waals surface area contributed by atoms with Gasteiger partial charge in [-0.25, -0.2) is 13.2 Å². The van der Waals surface area contributed by atoms with E-state index in [0.717, 1.165) is 6.42 Å². The van der Waals surface area contributed by atoms with Crippen molar-refractivity contribution in [3.8, 4) is 0 Å². The number of hydrogen-bond donors (Lipinski definition) is 2. The average molecular weight is 411 g/mol. The van der Waals surface area contributed by atoms with Crippen LogP contribution in [0.25, 0.3) is 0 Å². The van der Waals surface area contributed by atoms with E-state index in [4.69, 9.17) is 16.3 Å². The van der Waals surface area contributed by atoms with E-state index in [9.17, 15) is 18.0 Å². The number of amides is 1. The minimum absolute atomic E-state index is 0.00155. The Hall–Kier alpha value is -2.58. The number of benzene rings is 2. The molecule has 0 saturated heterocycles.